The molecule has 70 valence electrons. The summed E-state index contributed by atoms with van der Waals surface area (Å²) in [4.78, 5) is 4.28. The topological polar surface area (TPSA) is 38.9 Å². The summed E-state index contributed by atoms with van der Waals surface area (Å²) in [6, 6.07) is 3.80. The minimum atomic E-state index is -0.190. The smallest absolute Gasteiger partial charge is 0.0603 e. The van der Waals surface area contributed by atoms with Gasteiger partial charge in [0.1, 0.15) is 0 Å². The second-order valence-corrected chi connectivity index (χ2v) is 4.16. The monoisotopic (exact) mass is 196 g/mol. The molecular weight excluding hydrogens is 184 g/mol. The van der Waals surface area contributed by atoms with Gasteiger partial charge in [-0.25, -0.2) is 0 Å². The molecule has 1 aliphatic rings. The van der Waals surface area contributed by atoms with Crippen LogP contribution in [0.15, 0.2) is 18.3 Å². The average molecular weight is 197 g/mol. The summed E-state index contributed by atoms with van der Waals surface area (Å²) < 4.78 is 0. The number of nitrogens with zero attached hydrogens (tertiary/aromatic N) is 1. The van der Waals surface area contributed by atoms with Crippen LogP contribution >= 0.6 is 11.6 Å². The lowest BCUT2D eigenvalue weighted by molar-refractivity contribution is 0.447. The fourth-order valence-electron chi connectivity index (χ4n) is 1.93. The van der Waals surface area contributed by atoms with Crippen molar-refractivity contribution in [3.8, 4) is 0 Å². The van der Waals surface area contributed by atoms with Crippen molar-refractivity contribution in [2.24, 2.45) is 5.73 Å². The van der Waals surface area contributed by atoms with E-state index in [1.54, 1.807) is 6.20 Å². The van der Waals surface area contributed by atoms with Crippen LogP contribution in [0.4, 0.5) is 0 Å². The van der Waals surface area contributed by atoms with Crippen molar-refractivity contribution in [3.05, 3.63) is 29.0 Å². The summed E-state index contributed by atoms with van der Waals surface area (Å²) in [6.07, 6.45) is 6.18. The van der Waals surface area contributed by atoms with E-state index in [-0.39, 0.29) is 5.54 Å². The Morgan fingerprint density at radius 3 is 2.54 bits per heavy atom. The predicted molar refractivity (Wildman–Crippen MR) is 53.6 cm³/mol. The van der Waals surface area contributed by atoms with E-state index >= 15 is 0 Å². The lowest BCUT2D eigenvalue weighted by Crippen LogP contribution is -2.33. The summed E-state index contributed by atoms with van der Waals surface area (Å²) in [7, 11) is 0. The van der Waals surface area contributed by atoms with Gasteiger partial charge in [-0.3, -0.25) is 4.98 Å². The average Bonchev–Trinajstić information content (AvgIpc) is 2.54. The molecule has 0 bridgehead atoms. The van der Waals surface area contributed by atoms with Gasteiger partial charge in [0.05, 0.1) is 16.3 Å². The Morgan fingerprint density at radius 1 is 1.31 bits per heavy atom. The molecule has 2 N–H and O–H groups in total. The summed E-state index contributed by atoms with van der Waals surface area (Å²) in [5.41, 5.74) is 7.02. The van der Waals surface area contributed by atoms with Gasteiger partial charge >= 0.3 is 0 Å². The van der Waals surface area contributed by atoms with Crippen LogP contribution in [0.3, 0.4) is 0 Å². The lowest BCUT2D eigenvalue weighted by atomic mass is 9.94. The highest BCUT2D eigenvalue weighted by molar-refractivity contribution is 6.30. The van der Waals surface area contributed by atoms with E-state index in [0.29, 0.717) is 5.02 Å². The van der Waals surface area contributed by atoms with Gasteiger partial charge in [-0.15, -0.1) is 0 Å². The second-order valence-electron chi connectivity index (χ2n) is 3.72. The van der Waals surface area contributed by atoms with E-state index in [1.807, 2.05) is 12.1 Å². The molecule has 0 atom stereocenters. The summed E-state index contributed by atoms with van der Waals surface area (Å²) in [5, 5.41) is 0.672. The molecule has 0 radical (unpaired) electrons. The Morgan fingerprint density at radius 2 is 2.00 bits per heavy atom. The molecule has 0 unspecified atom stereocenters. The highest BCUT2D eigenvalue weighted by atomic mass is 35.5. The van der Waals surface area contributed by atoms with Crippen molar-refractivity contribution in [1.82, 2.24) is 4.98 Å². The minimum absolute atomic E-state index is 0.190. The molecule has 3 heteroatoms. The second kappa shape index (κ2) is 3.28. The number of halogens is 1. The summed E-state index contributed by atoms with van der Waals surface area (Å²) in [6.45, 7) is 0. The van der Waals surface area contributed by atoms with Gasteiger partial charge in [0, 0.05) is 6.20 Å². The molecule has 13 heavy (non-hydrogen) atoms. The van der Waals surface area contributed by atoms with Gasteiger partial charge < -0.3 is 5.73 Å². The van der Waals surface area contributed by atoms with Gasteiger partial charge in [-0.2, -0.15) is 0 Å². The minimum Gasteiger partial charge on any atom is -0.320 e. The number of hydrogen-bond acceptors (Lipinski definition) is 2. The molecule has 1 aromatic heterocycles. The van der Waals surface area contributed by atoms with E-state index in [2.05, 4.69) is 4.98 Å². The molecular formula is C10H13ClN2. The van der Waals surface area contributed by atoms with Gasteiger partial charge in [-0.05, 0) is 25.0 Å². The maximum absolute atomic E-state index is 6.22. The van der Waals surface area contributed by atoms with Gasteiger partial charge in [-0.1, -0.05) is 24.4 Å². The van der Waals surface area contributed by atoms with Gasteiger partial charge in [0.25, 0.3) is 0 Å². The Kier molecular flexibility index (Phi) is 2.26. The third kappa shape index (κ3) is 1.69. The van der Waals surface area contributed by atoms with E-state index < -0.39 is 0 Å². The summed E-state index contributed by atoms with van der Waals surface area (Å²) >= 11 is 5.76. The first-order chi connectivity index (χ1) is 6.21. The predicted octanol–water partition coefficient (Wildman–Crippen LogP) is 2.46. The zero-order valence-corrected chi connectivity index (χ0v) is 8.22. The Bertz CT molecular complexity index is 288. The van der Waals surface area contributed by atoms with Crippen LogP contribution in [-0.4, -0.2) is 4.98 Å². The van der Waals surface area contributed by atoms with Crippen LogP contribution in [0.25, 0.3) is 0 Å². The van der Waals surface area contributed by atoms with Crippen LogP contribution < -0.4 is 5.73 Å². The normalized spacial score (nSPS) is 20.5. The fourth-order valence-corrected chi connectivity index (χ4v) is 2.04. The molecule has 0 amide bonds. The van der Waals surface area contributed by atoms with E-state index in [1.165, 1.54) is 12.8 Å². The van der Waals surface area contributed by atoms with Crippen LogP contribution in [0, 0.1) is 0 Å². The fraction of sp³-hybridized carbons (Fsp3) is 0.500. The zero-order valence-electron chi connectivity index (χ0n) is 7.46. The Balaban J connectivity index is 2.29. The number of nitrogens with two attached hydrogens (primary N) is 1. The molecule has 1 aromatic rings. The first kappa shape index (κ1) is 8.97. The van der Waals surface area contributed by atoms with Crippen molar-refractivity contribution >= 4 is 11.6 Å². The van der Waals surface area contributed by atoms with Crippen molar-refractivity contribution in [2.45, 2.75) is 31.2 Å². The first-order valence-corrected chi connectivity index (χ1v) is 4.99. The van der Waals surface area contributed by atoms with Crippen molar-refractivity contribution in [3.63, 3.8) is 0 Å². The van der Waals surface area contributed by atoms with E-state index in [0.717, 1.165) is 18.5 Å². The lowest BCUT2D eigenvalue weighted by Gasteiger charge is -2.22. The third-order valence-corrected chi connectivity index (χ3v) is 2.96. The molecule has 1 fully saturated rings. The zero-order chi connectivity index (χ0) is 9.31. The third-order valence-electron chi connectivity index (χ3n) is 2.73. The van der Waals surface area contributed by atoms with Crippen LogP contribution in [0.1, 0.15) is 31.4 Å². The highest BCUT2D eigenvalue weighted by Gasteiger charge is 2.32. The molecule has 0 spiro atoms. The standard InChI is InChI=1S/C10H13ClN2/c11-8-3-4-9(13-7-8)10(12)5-1-2-6-10/h3-4,7H,1-2,5-6,12H2. The van der Waals surface area contributed by atoms with Gasteiger partial charge in [0.2, 0.25) is 0 Å². The van der Waals surface area contributed by atoms with Crippen molar-refractivity contribution in [2.75, 3.05) is 0 Å². The van der Waals surface area contributed by atoms with E-state index in [9.17, 15) is 0 Å². The number of aromatic nitrogens is 1. The summed E-state index contributed by atoms with van der Waals surface area (Å²) in [5.74, 6) is 0. The van der Waals surface area contributed by atoms with Crippen LogP contribution in [-0.2, 0) is 5.54 Å². The Hall–Kier alpha value is -0.600. The number of rotatable bonds is 1. The molecule has 2 rings (SSSR count). The molecule has 0 saturated heterocycles. The first-order valence-electron chi connectivity index (χ1n) is 4.62. The maximum atomic E-state index is 6.22. The van der Waals surface area contributed by atoms with Crippen molar-refractivity contribution < 1.29 is 0 Å². The number of hydrogen-bond donors (Lipinski definition) is 1. The molecule has 0 aliphatic heterocycles. The molecule has 2 nitrogen and oxygen atoms in total. The maximum Gasteiger partial charge on any atom is 0.0603 e. The van der Waals surface area contributed by atoms with Crippen LogP contribution in [0.5, 0.6) is 0 Å². The molecule has 1 aliphatic carbocycles. The quantitative estimate of drug-likeness (QED) is 0.750. The molecule has 1 heterocycles. The molecule has 0 aromatic carbocycles. The Labute approximate surface area is 83.1 Å². The largest absolute Gasteiger partial charge is 0.320 e. The highest BCUT2D eigenvalue weighted by Crippen LogP contribution is 2.35. The van der Waals surface area contributed by atoms with Crippen LogP contribution in [0.2, 0.25) is 5.02 Å². The van der Waals surface area contributed by atoms with Crippen molar-refractivity contribution in [1.29, 1.82) is 0 Å². The number of pyridine rings is 1. The van der Waals surface area contributed by atoms with E-state index in [4.69, 9.17) is 17.3 Å². The molecule has 1 saturated carbocycles. The van der Waals surface area contributed by atoms with Gasteiger partial charge in [0.15, 0.2) is 0 Å². The SMILES string of the molecule is NC1(c2ccc(Cl)cn2)CCCC1.